The van der Waals surface area contributed by atoms with Crippen molar-refractivity contribution < 1.29 is 4.79 Å². The number of nitrogens with zero attached hydrogens (tertiary/aromatic N) is 1. The second-order valence-corrected chi connectivity index (χ2v) is 3.76. The molecule has 1 N–H and O–H groups in total. The van der Waals surface area contributed by atoms with Gasteiger partial charge >= 0.3 is 0 Å². The zero-order valence-electron chi connectivity index (χ0n) is 9.93. The van der Waals surface area contributed by atoms with Gasteiger partial charge in [0.15, 0.2) is 0 Å². The van der Waals surface area contributed by atoms with Gasteiger partial charge in [0, 0.05) is 14.1 Å². The van der Waals surface area contributed by atoms with Crippen LogP contribution in [0.3, 0.4) is 0 Å². The molecule has 90 valence electrons. The van der Waals surface area contributed by atoms with Crippen LogP contribution >= 0.6 is 12.4 Å². The molecule has 0 heterocycles. The van der Waals surface area contributed by atoms with Gasteiger partial charge in [0.2, 0.25) is 5.91 Å². The molecule has 3 nitrogen and oxygen atoms in total. The molecule has 0 aliphatic carbocycles. The van der Waals surface area contributed by atoms with E-state index in [2.05, 4.69) is 5.32 Å². The quantitative estimate of drug-likeness (QED) is 0.864. The zero-order chi connectivity index (χ0) is 11.3. The third-order valence-corrected chi connectivity index (χ3v) is 2.37. The molecule has 4 heteroatoms. The Kier molecular flexibility index (Phi) is 6.77. The number of carbonyl (C=O) groups is 1. The van der Waals surface area contributed by atoms with E-state index in [1.807, 2.05) is 37.4 Å². The normalized spacial score (nSPS) is 11.4. The van der Waals surface area contributed by atoms with Gasteiger partial charge < -0.3 is 10.2 Å². The fourth-order valence-corrected chi connectivity index (χ4v) is 1.47. The Morgan fingerprint density at radius 2 is 1.88 bits per heavy atom. The summed E-state index contributed by atoms with van der Waals surface area (Å²) in [6, 6.07) is 9.89. The third kappa shape index (κ3) is 4.21. The Hall–Kier alpha value is -1.06. The fourth-order valence-electron chi connectivity index (χ4n) is 1.47. The number of hydrogen-bond donors (Lipinski definition) is 1. The van der Waals surface area contributed by atoms with E-state index < -0.39 is 0 Å². The highest BCUT2D eigenvalue weighted by atomic mass is 35.5. The van der Waals surface area contributed by atoms with E-state index in [9.17, 15) is 4.79 Å². The Balaban J connectivity index is 0.00000225. The molecular formula is C12H19ClN2O. The summed E-state index contributed by atoms with van der Waals surface area (Å²) in [5.41, 5.74) is 1.17. The molecule has 0 aromatic heterocycles. The number of likely N-dealkylation sites (N-methyl/N-ethyl adjacent to an activating group) is 2. The van der Waals surface area contributed by atoms with Crippen LogP contribution in [0.25, 0.3) is 0 Å². The molecule has 0 aliphatic heterocycles. The minimum absolute atomic E-state index is 0. The van der Waals surface area contributed by atoms with E-state index in [1.165, 1.54) is 5.56 Å². The van der Waals surface area contributed by atoms with Gasteiger partial charge in [0.25, 0.3) is 0 Å². The van der Waals surface area contributed by atoms with Crippen molar-refractivity contribution in [2.24, 2.45) is 0 Å². The van der Waals surface area contributed by atoms with Crippen LogP contribution < -0.4 is 5.32 Å². The van der Waals surface area contributed by atoms with Crippen molar-refractivity contribution in [1.82, 2.24) is 10.2 Å². The summed E-state index contributed by atoms with van der Waals surface area (Å²) < 4.78 is 0. The molecule has 0 unspecified atom stereocenters. The van der Waals surface area contributed by atoms with Crippen molar-refractivity contribution in [1.29, 1.82) is 0 Å². The lowest BCUT2D eigenvalue weighted by molar-refractivity contribution is -0.130. The summed E-state index contributed by atoms with van der Waals surface area (Å²) in [6.07, 6.45) is 0.731. The average molecular weight is 243 g/mol. The van der Waals surface area contributed by atoms with Gasteiger partial charge in [-0.3, -0.25) is 4.79 Å². The molecule has 0 fully saturated rings. The van der Waals surface area contributed by atoms with E-state index >= 15 is 0 Å². The van der Waals surface area contributed by atoms with Crippen molar-refractivity contribution in [3.8, 4) is 0 Å². The summed E-state index contributed by atoms with van der Waals surface area (Å²) >= 11 is 0. The summed E-state index contributed by atoms with van der Waals surface area (Å²) in [5.74, 6) is 0.112. The maximum atomic E-state index is 11.7. The monoisotopic (exact) mass is 242 g/mol. The van der Waals surface area contributed by atoms with Crippen molar-refractivity contribution in [2.45, 2.75) is 12.5 Å². The fraction of sp³-hybridized carbons (Fsp3) is 0.417. The van der Waals surface area contributed by atoms with Crippen molar-refractivity contribution >= 4 is 18.3 Å². The van der Waals surface area contributed by atoms with Crippen LogP contribution in [0.1, 0.15) is 5.56 Å². The first-order valence-corrected chi connectivity index (χ1v) is 5.07. The molecule has 1 aromatic rings. The van der Waals surface area contributed by atoms with Gasteiger partial charge in [-0.1, -0.05) is 30.3 Å². The van der Waals surface area contributed by atoms with Gasteiger partial charge in [-0.15, -0.1) is 12.4 Å². The van der Waals surface area contributed by atoms with E-state index in [-0.39, 0.29) is 24.4 Å². The molecule has 16 heavy (non-hydrogen) atoms. The largest absolute Gasteiger partial charge is 0.347 e. The molecular weight excluding hydrogens is 224 g/mol. The molecule has 1 amide bonds. The second-order valence-electron chi connectivity index (χ2n) is 3.76. The molecule has 0 radical (unpaired) electrons. The number of carbonyl (C=O) groups excluding carboxylic acids is 1. The lowest BCUT2D eigenvalue weighted by atomic mass is 10.1. The smallest absolute Gasteiger partial charge is 0.239 e. The summed E-state index contributed by atoms with van der Waals surface area (Å²) in [7, 11) is 5.37. The van der Waals surface area contributed by atoms with Gasteiger partial charge in [0.05, 0.1) is 6.04 Å². The Morgan fingerprint density at radius 1 is 1.31 bits per heavy atom. The first-order valence-electron chi connectivity index (χ1n) is 5.07. The molecule has 0 aliphatic rings. The highest BCUT2D eigenvalue weighted by Gasteiger charge is 2.17. The first-order chi connectivity index (χ1) is 7.15. The van der Waals surface area contributed by atoms with E-state index in [1.54, 1.807) is 19.0 Å². The predicted molar refractivity (Wildman–Crippen MR) is 68.9 cm³/mol. The predicted octanol–water partition coefficient (Wildman–Crippen LogP) is 1.33. The number of rotatable bonds is 4. The van der Waals surface area contributed by atoms with Crippen molar-refractivity contribution in [3.63, 3.8) is 0 Å². The van der Waals surface area contributed by atoms with Gasteiger partial charge in [-0.25, -0.2) is 0 Å². The number of halogens is 1. The highest BCUT2D eigenvalue weighted by Crippen LogP contribution is 2.04. The average Bonchev–Trinajstić information content (AvgIpc) is 2.26. The topological polar surface area (TPSA) is 32.3 Å². The Labute approximate surface area is 103 Å². The Morgan fingerprint density at radius 3 is 2.31 bits per heavy atom. The van der Waals surface area contributed by atoms with Gasteiger partial charge in [-0.2, -0.15) is 0 Å². The molecule has 1 aromatic carbocycles. The van der Waals surface area contributed by atoms with Crippen LogP contribution in [-0.2, 0) is 11.2 Å². The van der Waals surface area contributed by atoms with Crippen LogP contribution in [0.15, 0.2) is 30.3 Å². The summed E-state index contributed by atoms with van der Waals surface area (Å²) in [5, 5.41) is 3.04. The first kappa shape index (κ1) is 14.9. The molecule has 1 atom stereocenters. The van der Waals surface area contributed by atoms with Crippen molar-refractivity contribution in [2.75, 3.05) is 21.1 Å². The second kappa shape index (κ2) is 7.25. The molecule has 1 rings (SSSR count). The minimum atomic E-state index is -0.137. The lowest BCUT2D eigenvalue weighted by Gasteiger charge is -2.19. The van der Waals surface area contributed by atoms with Gasteiger partial charge in [0.1, 0.15) is 0 Å². The van der Waals surface area contributed by atoms with Gasteiger partial charge in [-0.05, 0) is 19.0 Å². The lowest BCUT2D eigenvalue weighted by Crippen LogP contribution is -2.43. The Bertz CT molecular complexity index is 314. The van der Waals surface area contributed by atoms with Crippen LogP contribution in [0, 0.1) is 0 Å². The van der Waals surface area contributed by atoms with E-state index in [4.69, 9.17) is 0 Å². The summed E-state index contributed by atoms with van der Waals surface area (Å²) in [4.78, 5) is 13.4. The third-order valence-electron chi connectivity index (χ3n) is 2.37. The number of amides is 1. The summed E-state index contributed by atoms with van der Waals surface area (Å²) in [6.45, 7) is 0. The van der Waals surface area contributed by atoms with Crippen LogP contribution in [0.2, 0.25) is 0 Å². The minimum Gasteiger partial charge on any atom is -0.347 e. The molecule has 0 saturated heterocycles. The van der Waals surface area contributed by atoms with Crippen LogP contribution in [0.5, 0.6) is 0 Å². The maximum absolute atomic E-state index is 11.7. The van der Waals surface area contributed by atoms with E-state index in [0.29, 0.717) is 0 Å². The van der Waals surface area contributed by atoms with E-state index in [0.717, 1.165) is 6.42 Å². The van der Waals surface area contributed by atoms with Crippen molar-refractivity contribution in [3.05, 3.63) is 35.9 Å². The maximum Gasteiger partial charge on any atom is 0.239 e. The molecule has 0 saturated carbocycles. The SMILES string of the molecule is CN[C@@H](Cc1ccccc1)C(=O)N(C)C.Cl. The number of benzene rings is 1. The molecule has 0 bridgehead atoms. The van der Waals surface area contributed by atoms with Crippen LogP contribution in [-0.4, -0.2) is 38.0 Å². The van der Waals surface area contributed by atoms with Crippen LogP contribution in [0.4, 0.5) is 0 Å². The molecule has 0 spiro atoms. The zero-order valence-corrected chi connectivity index (χ0v) is 10.8. The number of nitrogens with one attached hydrogen (secondary N) is 1. The standard InChI is InChI=1S/C12H18N2O.ClH/c1-13-11(12(15)14(2)3)9-10-7-5-4-6-8-10;/h4-8,11,13H,9H2,1-3H3;1H/t11-;/m0./s1. The number of hydrogen-bond acceptors (Lipinski definition) is 2. The highest BCUT2D eigenvalue weighted by molar-refractivity contribution is 5.85.